The molecule has 0 aromatic heterocycles. The fraction of sp³-hybridized carbons (Fsp3) is 1.00. The summed E-state index contributed by atoms with van der Waals surface area (Å²) in [4.78, 5) is 0. The SMILES string of the molecule is CCC(N)CCOCC(C)C(C)OCCCC(C)C(CC)C1CC1. The van der Waals surface area contributed by atoms with Gasteiger partial charge in [-0.3, -0.25) is 0 Å². The van der Waals surface area contributed by atoms with Gasteiger partial charge in [0.15, 0.2) is 0 Å². The summed E-state index contributed by atoms with van der Waals surface area (Å²) in [6.07, 6.45) is 9.03. The first-order valence-electron chi connectivity index (χ1n) is 10.4. The Hall–Kier alpha value is -0.120. The van der Waals surface area contributed by atoms with E-state index in [1.807, 2.05) is 0 Å². The first-order chi connectivity index (χ1) is 11.5. The van der Waals surface area contributed by atoms with Crippen LogP contribution >= 0.6 is 0 Å². The van der Waals surface area contributed by atoms with Crippen molar-refractivity contribution in [3.05, 3.63) is 0 Å². The van der Waals surface area contributed by atoms with E-state index in [4.69, 9.17) is 15.2 Å². The summed E-state index contributed by atoms with van der Waals surface area (Å²) < 4.78 is 11.8. The van der Waals surface area contributed by atoms with Crippen molar-refractivity contribution in [1.82, 2.24) is 0 Å². The minimum atomic E-state index is 0.269. The molecule has 144 valence electrons. The topological polar surface area (TPSA) is 44.5 Å². The third-order valence-corrected chi connectivity index (χ3v) is 5.95. The molecular formula is C21H43NO2. The number of hydrogen-bond donors (Lipinski definition) is 1. The molecule has 0 amide bonds. The van der Waals surface area contributed by atoms with E-state index < -0.39 is 0 Å². The summed E-state index contributed by atoms with van der Waals surface area (Å²) in [6, 6.07) is 0.276. The lowest BCUT2D eigenvalue weighted by Gasteiger charge is -2.24. The van der Waals surface area contributed by atoms with Crippen molar-refractivity contribution < 1.29 is 9.47 Å². The van der Waals surface area contributed by atoms with Gasteiger partial charge in [-0.2, -0.15) is 0 Å². The highest BCUT2D eigenvalue weighted by Crippen LogP contribution is 2.43. The van der Waals surface area contributed by atoms with Crippen LogP contribution in [-0.4, -0.2) is 32.0 Å². The second kappa shape index (κ2) is 12.3. The van der Waals surface area contributed by atoms with Crippen LogP contribution in [0.25, 0.3) is 0 Å². The van der Waals surface area contributed by atoms with Gasteiger partial charge in [-0.15, -0.1) is 0 Å². The molecule has 2 N–H and O–H groups in total. The Bertz CT molecular complexity index is 306. The van der Waals surface area contributed by atoms with E-state index in [1.54, 1.807) is 0 Å². The summed E-state index contributed by atoms with van der Waals surface area (Å²) in [5, 5.41) is 0. The summed E-state index contributed by atoms with van der Waals surface area (Å²) in [5.74, 6) is 3.27. The van der Waals surface area contributed by atoms with Crippen LogP contribution in [0.2, 0.25) is 0 Å². The third kappa shape index (κ3) is 8.82. The zero-order chi connectivity index (χ0) is 17.9. The predicted molar refractivity (Wildman–Crippen MR) is 103 cm³/mol. The average molecular weight is 342 g/mol. The van der Waals surface area contributed by atoms with Gasteiger partial charge in [0.05, 0.1) is 12.7 Å². The van der Waals surface area contributed by atoms with Gasteiger partial charge < -0.3 is 15.2 Å². The molecule has 24 heavy (non-hydrogen) atoms. The van der Waals surface area contributed by atoms with Crippen molar-refractivity contribution >= 4 is 0 Å². The van der Waals surface area contributed by atoms with Gasteiger partial charge in [0.25, 0.3) is 0 Å². The Morgan fingerprint density at radius 2 is 1.67 bits per heavy atom. The van der Waals surface area contributed by atoms with Crippen LogP contribution in [0, 0.1) is 23.7 Å². The molecule has 3 nitrogen and oxygen atoms in total. The first kappa shape index (κ1) is 21.9. The van der Waals surface area contributed by atoms with Crippen molar-refractivity contribution in [2.75, 3.05) is 19.8 Å². The van der Waals surface area contributed by atoms with Crippen molar-refractivity contribution in [1.29, 1.82) is 0 Å². The van der Waals surface area contributed by atoms with Crippen LogP contribution in [-0.2, 0) is 9.47 Å². The summed E-state index contributed by atoms with van der Waals surface area (Å²) in [5.41, 5.74) is 5.90. The van der Waals surface area contributed by atoms with Crippen molar-refractivity contribution in [2.24, 2.45) is 29.4 Å². The molecule has 0 aromatic rings. The molecule has 1 fully saturated rings. The first-order valence-corrected chi connectivity index (χ1v) is 10.4. The zero-order valence-electron chi connectivity index (χ0n) is 16.9. The maximum Gasteiger partial charge on any atom is 0.0594 e. The summed E-state index contributed by atoms with van der Waals surface area (Å²) in [6.45, 7) is 13.7. The molecule has 0 saturated heterocycles. The van der Waals surface area contributed by atoms with Crippen LogP contribution < -0.4 is 5.73 Å². The molecular weight excluding hydrogens is 298 g/mol. The van der Waals surface area contributed by atoms with Gasteiger partial charge >= 0.3 is 0 Å². The molecule has 0 aliphatic heterocycles. The molecule has 0 aromatic carbocycles. The third-order valence-electron chi connectivity index (χ3n) is 5.95. The van der Waals surface area contributed by atoms with Crippen molar-refractivity contribution in [3.8, 4) is 0 Å². The Labute approximate surface area is 151 Å². The van der Waals surface area contributed by atoms with Crippen LogP contribution in [0.15, 0.2) is 0 Å². The lowest BCUT2D eigenvalue weighted by molar-refractivity contribution is -0.00999. The standard InChI is InChI=1S/C21H43NO2/c1-6-20(22)12-14-23-15-17(4)18(5)24-13-8-9-16(3)21(7-2)19-10-11-19/h16-21H,6-15,22H2,1-5H3. The van der Waals surface area contributed by atoms with E-state index in [0.29, 0.717) is 5.92 Å². The van der Waals surface area contributed by atoms with E-state index in [1.165, 1.54) is 32.1 Å². The lowest BCUT2D eigenvalue weighted by atomic mass is 9.84. The Morgan fingerprint density at radius 3 is 2.25 bits per heavy atom. The molecule has 0 radical (unpaired) electrons. The number of hydrogen-bond acceptors (Lipinski definition) is 3. The fourth-order valence-electron chi connectivity index (χ4n) is 3.62. The van der Waals surface area contributed by atoms with Gasteiger partial charge in [0.1, 0.15) is 0 Å². The monoisotopic (exact) mass is 341 g/mol. The van der Waals surface area contributed by atoms with E-state index in [-0.39, 0.29) is 12.1 Å². The van der Waals surface area contributed by atoms with Gasteiger partial charge in [0.2, 0.25) is 0 Å². The van der Waals surface area contributed by atoms with E-state index in [0.717, 1.165) is 50.4 Å². The van der Waals surface area contributed by atoms with Gasteiger partial charge in [-0.05, 0) is 63.2 Å². The molecule has 1 aliphatic rings. The van der Waals surface area contributed by atoms with Crippen LogP contribution in [0.1, 0.15) is 79.6 Å². The van der Waals surface area contributed by atoms with Gasteiger partial charge in [-0.1, -0.05) is 34.1 Å². The summed E-state index contributed by atoms with van der Waals surface area (Å²) in [7, 11) is 0. The molecule has 0 heterocycles. The van der Waals surface area contributed by atoms with Crippen LogP contribution in [0.5, 0.6) is 0 Å². The van der Waals surface area contributed by atoms with Crippen LogP contribution in [0.3, 0.4) is 0 Å². The molecule has 1 aliphatic carbocycles. The zero-order valence-corrected chi connectivity index (χ0v) is 16.9. The molecule has 1 saturated carbocycles. The normalized spacial score (nSPS) is 21.2. The average Bonchev–Trinajstić information content (AvgIpc) is 3.40. The Kier molecular flexibility index (Phi) is 11.2. The highest BCUT2D eigenvalue weighted by atomic mass is 16.5. The molecule has 0 spiro atoms. The second-order valence-corrected chi connectivity index (χ2v) is 8.11. The minimum absolute atomic E-state index is 0.269. The van der Waals surface area contributed by atoms with Crippen LogP contribution in [0.4, 0.5) is 0 Å². The smallest absolute Gasteiger partial charge is 0.0594 e. The van der Waals surface area contributed by atoms with Crippen molar-refractivity contribution in [2.45, 2.75) is 91.7 Å². The largest absolute Gasteiger partial charge is 0.381 e. The molecule has 1 rings (SSSR count). The Balaban J connectivity index is 2.04. The maximum absolute atomic E-state index is 6.04. The van der Waals surface area contributed by atoms with Gasteiger partial charge in [-0.25, -0.2) is 0 Å². The molecule has 5 atom stereocenters. The Morgan fingerprint density at radius 1 is 0.958 bits per heavy atom. The lowest BCUT2D eigenvalue weighted by Crippen LogP contribution is -2.25. The second-order valence-electron chi connectivity index (χ2n) is 8.11. The quantitative estimate of drug-likeness (QED) is 0.425. The van der Waals surface area contributed by atoms with Crippen molar-refractivity contribution in [3.63, 3.8) is 0 Å². The molecule has 0 bridgehead atoms. The number of rotatable bonds is 15. The highest BCUT2D eigenvalue weighted by molar-refractivity contribution is 4.83. The van der Waals surface area contributed by atoms with E-state index in [9.17, 15) is 0 Å². The minimum Gasteiger partial charge on any atom is -0.381 e. The highest BCUT2D eigenvalue weighted by Gasteiger charge is 2.32. The maximum atomic E-state index is 6.04. The fourth-order valence-corrected chi connectivity index (χ4v) is 3.62. The van der Waals surface area contributed by atoms with Gasteiger partial charge in [0, 0.05) is 25.2 Å². The predicted octanol–water partition coefficient (Wildman–Crippen LogP) is 5.02. The number of ether oxygens (including phenoxy) is 2. The molecule has 5 unspecified atom stereocenters. The summed E-state index contributed by atoms with van der Waals surface area (Å²) >= 11 is 0. The van der Waals surface area contributed by atoms with E-state index in [2.05, 4.69) is 34.6 Å². The van der Waals surface area contributed by atoms with E-state index >= 15 is 0 Å². The number of nitrogens with two attached hydrogens (primary N) is 1. The molecule has 3 heteroatoms.